The molecule has 1 fully saturated rings. The molecule has 3 aromatic heterocycles. The van der Waals surface area contributed by atoms with Crippen LogP contribution < -0.4 is 0 Å². The van der Waals surface area contributed by atoms with Gasteiger partial charge in [-0.25, -0.2) is 0 Å². The largest absolute Gasteiger partial charge is 0.501 e. The van der Waals surface area contributed by atoms with Crippen LogP contribution in [0.4, 0.5) is 0 Å². The van der Waals surface area contributed by atoms with Crippen LogP contribution in [0.3, 0.4) is 0 Å². The Labute approximate surface area is 330 Å². The summed E-state index contributed by atoms with van der Waals surface area (Å²) in [6, 6.07) is 46.7. The van der Waals surface area contributed by atoms with Crippen LogP contribution in [0, 0.1) is 25.8 Å². The number of rotatable bonds is 5. The number of pyridine rings is 2. The number of aromatic nitrogens is 2. The van der Waals surface area contributed by atoms with Gasteiger partial charge in [0.25, 0.3) is 0 Å². The molecule has 0 N–H and O–H groups in total. The summed E-state index contributed by atoms with van der Waals surface area (Å²) in [6.07, 6.45) is 8.66. The van der Waals surface area contributed by atoms with Crippen molar-refractivity contribution in [1.29, 1.82) is 0 Å². The van der Waals surface area contributed by atoms with Crippen LogP contribution >= 0.6 is 0 Å². The van der Waals surface area contributed by atoms with Crippen LogP contribution in [0.25, 0.3) is 66.7 Å². The number of nitrogens with zero attached hydrogens (tertiary/aromatic N) is 2. The van der Waals surface area contributed by atoms with E-state index in [2.05, 4.69) is 64.6 Å². The Kier molecular flexibility index (Phi) is 8.48. The van der Waals surface area contributed by atoms with Crippen molar-refractivity contribution in [3.8, 4) is 44.8 Å². The zero-order valence-electron chi connectivity index (χ0n) is 35.5. The van der Waals surface area contributed by atoms with E-state index in [1.54, 1.807) is 12.1 Å². The maximum absolute atomic E-state index is 8.88. The molecular formula is C48H40IrN2O-2. The first-order valence-corrected chi connectivity index (χ1v) is 17.4. The van der Waals surface area contributed by atoms with E-state index in [9.17, 15) is 0 Å². The Bertz CT molecular complexity index is 2690. The van der Waals surface area contributed by atoms with Gasteiger partial charge in [-0.3, -0.25) is 0 Å². The van der Waals surface area contributed by atoms with Gasteiger partial charge in [-0.2, -0.15) is 0 Å². The molecule has 52 heavy (non-hydrogen) atoms. The molecule has 1 saturated carbocycles. The number of furan rings is 1. The Hall–Kier alpha value is -5.15. The number of hydrogen-bond donors (Lipinski definition) is 0. The van der Waals surface area contributed by atoms with Crippen LogP contribution in [0.15, 0.2) is 144 Å². The number of aryl methyl sites for hydroxylation is 2. The number of benzene rings is 5. The van der Waals surface area contributed by atoms with Crippen molar-refractivity contribution in [3.63, 3.8) is 0 Å². The van der Waals surface area contributed by atoms with Gasteiger partial charge < -0.3 is 14.4 Å². The van der Waals surface area contributed by atoms with Crippen LogP contribution in [-0.2, 0) is 20.1 Å². The molecule has 1 radical (unpaired) electrons. The Balaban J connectivity index is 0.000000180. The average Bonchev–Trinajstić information content (AvgIpc) is 3.63. The summed E-state index contributed by atoms with van der Waals surface area (Å²) in [5.41, 5.74) is 9.68. The van der Waals surface area contributed by atoms with E-state index in [4.69, 9.17) is 14.0 Å². The van der Waals surface area contributed by atoms with Crippen molar-refractivity contribution in [3.05, 3.63) is 169 Å². The van der Waals surface area contributed by atoms with Gasteiger partial charge in [0.15, 0.2) is 0 Å². The first-order valence-electron chi connectivity index (χ1n) is 20.9. The van der Waals surface area contributed by atoms with Gasteiger partial charge in [-0.15, -0.1) is 47.5 Å². The van der Waals surface area contributed by atoms with Crippen LogP contribution in [0.5, 0.6) is 0 Å². The molecule has 0 aliphatic heterocycles. The monoisotopic (exact) mass is 860 g/mol. The molecule has 0 atom stereocenters. The maximum atomic E-state index is 8.88. The van der Waals surface area contributed by atoms with E-state index in [-0.39, 0.29) is 31.2 Å². The van der Waals surface area contributed by atoms with Crippen molar-refractivity contribution >= 4 is 21.9 Å². The van der Waals surface area contributed by atoms with Crippen molar-refractivity contribution in [1.82, 2.24) is 9.97 Å². The van der Waals surface area contributed by atoms with Gasteiger partial charge in [0.1, 0.15) is 5.58 Å². The van der Waals surface area contributed by atoms with Crippen molar-refractivity contribution in [2.75, 3.05) is 0 Å². The molecule has 259 valence electrons. The fourth-order valence-electron chi connectivity index (χ4n) is 6.84. The molecule has 0 bridgehead atoms. The number of fused-ring (bicyclic) bond motifs is 3. The van der Waals surface area contributed by atoms with E-state index in [0.717, 1.165) is 81.1 Å². The van der Waals surface area contributed by atoms with Crippen LogP contribution in [0.1, 0.15) is 64.3 Å². The molecule has 0 saturated heterocycles. The van der Waals surface area contributed by atoms with Crippen molar-refractivity contribution in [2.45, 2.75) is 51.7 Å². The molecule has 4 heteroatoms. The molecule has 3 nitrogen and oxygen atoms in total. The van der Waals surface area contributed by atoms with Gasteiger partial charge in [-0.1, -0.05) is 134 Å². The molecule has 5 aromatic carbocycles. The molecular weight excluding hydrogens is 813 g/mol. The Morgan fingerprint density at radius 2 is 1.54 bits per heavy atom. The summed E-state index contributed by atoms with van der Waals surface area (Å²) < 4.78 is 60.6. The van der Waals surface area contributed by atoms with E-state index >= 15 is 0 Å². The minimum Gasteiger partial charge on any atom is -0.501 e. The van der Waals surface area contributed by atoms with Gasteiger partial charge in [0.2, 0.25) is 0 Å². The molecule has 9 rings (SSSR count). The topological polar surface area (TPSA) is 38.9 Å². The Morgan fingerprint density at radius 3 is 2.33 bits per heavy atom. The minimum atomic E-state index is -2.27. The smallest absolute Gasteiger partial charge is 0.120 e. The molecule has 0 unspecified atom stereocenters. The Morgan fingerprint density at radius 1 is 0.712 bits per heavy atom. The van der Waals surface area contributed by atoms with Gasteiger partial charge in [-0.05, 0) is 76.9 Å². The number of hydrogen-bond acceptors (Lipinski definition) is 3. The summed E-state index contributed by atoms with van der Waals surface area (Å²) in [4.78, 5) is 8.85. The second-order valence-electron chi connectivity index (χ2n) is 12.8. The van der Waals surface area contributed by atoms with E-state index in [1.807, 2.05) is 66.9 Å². The van der Waals surface area contributed by atoms with Crippen LogP contribution in [0.2, 0.25) is 0 Å². The second kappa shape index (κ2) is 16.0. The predicted molar refractivity (Wildman–Crippen MR) is 210 cm³/mol. The average molecular weight is 860 g/mol. The minimum absolute atomic E-state index is 0. The van der Waals surface area contributed by atoms with E-state index < -0.39 is 19.6 Å². The maximum Gasteiger partial charge on any atom is 0.120 e. The zero-order chi connectivity index (χ0) is 40.5. The molecule has 0 spiro atoms. The first kappa shape index (κ1) is 27.5. The summed E-state index contributed by atoms with van der Waals surface area (Å²) >= 11 is 0. The van der Waals surface area contributed by atoms with Crippen molar-refractivity contribution < 1.29 is 34.1 Å². The standard InChI is InChI=1S/C29H24NO.C19H16N.Ir/c1-2-7-20(8-3-1)21-13-15-22(16-14-21)23-17-18-30-27(19-23)26-11-6-10-25-24-9-4-5-12-28(24)31-29(25)26;1-14-8-11-19(20-13-14)17-10-9-15(2)18(12-17)16-6-4-3-5-7-16;/h4-6,9-10,12-20H,1-3,7-8H2;3-9,11-13H,1-2H3;/q2*-1;/i20D;1D3,2D3;. The number of para-hydroxylation sites is 1. The van der Waals surface area contributed by atoms with Crippen LogP contribution in [-0.4, -0.2) is 9.97 Å². The van der Waals surface area contributed by atoms with E-state index in [1.165, 1.54) is 24.8 Å². The normalized spacial score (nSPS) is 16.0. The summed E-state index contributed by atoms with van der Waals surface area (Å²) in [5.74, 6) is -0.425. The second-order valence-corrected chi connectivity index (χ2v) is 12.8. The summed E-state index contributed by atoms with van der Waals surface area (Å²) in [7, 11) is 0. The first-order chi connectivity index (χ1) is 27.9. The molecule has 1 aliphatic rings. The fourth-order valence-corrected chi connectivity index (χ4v) is 6.84. The zero-order valence-corrected chi connectivity index (χ0v) is 30.8. The molecule has 3 heterocycles. The fraction of sp³-hybridized carbons (Fsp3) is 0.167. The molecule has 8 aromatic rings. The predicted octanol–water partition coefficient (Wildman–Crippen LogP) is 13.0. The summed E-state index contributed by atoms with van der Waals surface area (Å²) in [5, 5.41) is 2.19. The SMILES string of the molecule is [2H]C([2H])([2H])c1ccc(-c2[c-]cc(C([2H])([2H])[2H])c(-c3ccccc3)c2)nc1.[2H]C1(c2ccc(-c3ccnc(-c4[c-]ccc5c4oc4ccccc45)c3)cc2)CCCCC1.[Ir]. The molecule has 0 amide bonds. The van der Waals surface area contributed by atoms with Crippen molar-refractivity contribution in [2.24, 2.45) is 0 Å². The third-order valence-electron chi connectivity index (χ3n) is 9.51. The van der Waals surface area contributed by atoms with Gasteiger partial charge >= 0.3 is 0 Å². The third-order valence-corrected chi connectivity index (χ3v) is 9.51. The molecule has 1 aliphatic carbocycles. The van der Waals surface area contributed by atoms with Gasteiger partial charge in [0.05, 0.1) is 5.58 Å². The quantitative estimate of drug-likeness (QED) is 0.162. The third kappa shape index (κ3) is 7.55. The van der Waals surface area contributed by atoms with Gasteiger partial charge in [0, 0.05) is 47.5 Å². The van der Waals surface area contributed by atoms with E-state index in [0.29, 0.717) is 16.8 Å². The summed E-state index contributed by atoms with van der Waals surface area (Å²) in [6.45, 7) is -4.48.